The summed E-state index contributed by atoms with van der Waals surface area (Å²) in [5.41, 5.74) is 1.10. The number of hydrogen-bond donors (Lipinski definition) is 0. The Labute approximate surface area is 201 Å². The summed E-state index contributed by atoms with van der Waals surface area (Å²) >= 11 is 3.35. The highest BCUT2D eigenvalue weighted by molar-refractivity contribution is 9.10. The van der Waals surface area contributed by atoms with Gasteiger partial charge in [0, 0.05) is 22.2 Å². The van der Waals surface area contributed by atoms with E-state index >= 15 is 0 Å². The molecule has 9 nitrogen and oxygen atoms in total. The molecule has 0 aromatic heterocycles. The molecule has 0 saturated carbocycles. The molecule has 0 radical (unpaired) electrons. The molecule has 0 amide bonds. The number of methoxy groups -OCH3 is 1. The van der Waals surface area contributed by atoms with Crippen molar-refractivity contribution in [1.29, 1.82) is 0 Å². The minimum Gasteiger partial charge on any atom is -0.493 e. The van der Waals surface area contributed by atoms with E-state index in [1.807, 2.05) is 12.1 Å². The first-order chi connectivity index (χ1) is 16.3. The first-order valence-corrected chi connectivity index (χ1v) is 10.6. The number of carbonyl (C=O) groups is 2. The van der Waals surface area contributed by atoms with Crippen LogP contribution in [0.2, 0.25) is 0 Å². The molecule has 1 heterocycles. The molecule has 4 rings (SSSR count). The van der Waals surface area contributed by atoms with Crippen LogP contribution in [-0.4, -0.2) is 29.9 Å². The fourth-order valence-electron chi connectivity index (χ4n) is 3.05. The number of carbonyl (C=O) groups excluding carboxylic acids is 2. The number of ether oxygens (including phenoxy) is 3. The van der Waals surface area contributed by atoms with Crippen LogP contribution in [0.25, 0.3) is 6.08 Å². The average molecular weight is 523 g/mol. The molecular weight excluding hydrogens is 508 g/mol. The molecule has 0 N–H and O–H groups in total. The molecule has 0 bridgehead atoms. The van der Waals surface area contributed by atoms with Crippen molar-refractivity contribution < 1.29 is 28.7 Å². The van der Waals surface area contributed by atoms with Crippen LogP contribution in [0.4, 0.5) is 5.69 Å². The summed E-state index contributed by atoms with van der Waals surface area (Å²) in [4.78, 5) is 39.3. The maximum absolute atomic E-state index is 12.5. The van der Waals surface area contributed by atoms with Crippen molar-refractivity contribution in [2.75, 3.05) is 7.11 Å². The number of benzene rings is 3. The van der Waals surface area contributed by atoms with Gasteiger partial charge in [-0.05, 0) is 54.1 Å². The van der Waals surface area contributed by atoms with Gasteiger partial charge in [-0.15, -0.1) is 0 Å². The zero-order chi connectivity index (χ0) is 24.2. The number of nitrogens with zero attached hydrogens (tertiary/aromatic N) is 2. The van der Waals surface area contributed by atoms with Crippen LogP contribution >= 0.6 is 15.9 Å². The van der Waals surface area contributed by atoms with E-state index in [-0.39, 0.29) is 34.3 Å². The van der Waals surface area contributed by atoms with E-state index in [9.17, 15) is 19.7 Å². The van der Waals surface area contributed by atoms with Crippen LogP contribution in [-0.2, 0) is 9.53 Å². The first-order valence-electron chi connectivity index (χ1n) is 9.77. The number of halogens is 1. The maximum atomic E-state index is 12.5. The third-order valence-corrected chi connectivity index (χ3v) is 5.23. The zero-order valence-electron chi connectivity index (χ0n) is 17.6. The Morgan fingerprint density at radius 1 is 1.09 bits per heavy atom. The van der Waals surface area contributed by atoms with E-state index in [1.165, 1.54) is 37.5 Å². The van der Waals surface area contributed by atoms with E-state index in [1.54, 1.807) is 24.3 Å². The number of non-ortho nitro benzene ring substituents is 1. The van der Waals surface area contributed by atoms with E-state index in [0.29, 0.717) is 11.1 Å². The number of hydrogen-bond acceptors (Lipinski definition) is 8. The summed E-state index contributed by atoms with van der Waals surface area (Å²) in [7, 11) is 1.39. The average Bonchev–Trinajstić information content (AvgIpc) is 3.20. The largest absolute Gasteiger partial charge is 0.493 e. The van der Waals surface area contributed by atoms with Gasteiger partial charge in [-0.3, -0.25) is 10.1 Å². The minimum atomic E-state index is -0.781. The van der Waals surface area contributed by atoms with Gasteiger partial charge in [-0.25, -0.2) is 14.6 Å². The fraction of sp³-hybridized carbons (Fsp3) is 0.0417. The van der Waals surface area contributed by atoms with E-state index in [2.05, 4.69) is 20.9 Å². The topological polar surface area (TPSA) is 117 Å². The fourth-order valence-corrected chi connectivity index (χ4v) is 3.31. The van der Waals surface area contributed by atoms with Gasteiger partial charge in [0.2, 0.25) is 5.90 Å². The molecule has 34 heavy (non-hydrogen) atoms. The monoisotopic (exact) mass is 522 g/mol. The second-order valence-electron chi connectivity index (χ2n) is 6.95. The third kappa shape index (κ3) is 5.02. The summed E-state index contributed by atoms with van der Waals surface area (Å²) in [5, 5.41) is 10.9. The Bertz CT molecular complexity index is 1360. The van der Waals surface area contributed by atoms with Crippen LogP contribution < -0.4 is 9.47 Å². The van der Waals surface area contributed by atoms with Crippen molar-refractivity contribution in [1.82, 2.24) is 0 Å². The normalized spacial score (nSPS) is 13.9. The second kappa shape index (κ2) is 9.67. The van der Waals surface area contributed by atoms with Gasteiger partial charge < -0.3 is 14.2 Å². The molecule has 0 atom stereocenters. The molecule has 0 fully saturated rings. The number of nitro groups is 1. The molecule has 10 heteroatoms. The van der Waals surface area contributed by atoms with Gasteiger partial charge >= 0.3 is 11.9 Å². The van der Waals surface area contributed by atoms with Crippen molar-refractivity contribution in [3.8, 4) is 11.5 Å². The van der Waals surface area contributed by atoms with Gasteiger partial charge in [0.05, 0.1) is 17.6 Å². The van der Waals surface area contributed by atoms with Crippen molar-refractivity contribution >= 4 is 45.5 Å². The van der Waals surface area contributed by atoms with Crippen LogP contribution in [0.1, 0.15) is 21.5 Å². The molecule has 1 aliphatic rings. The minimum absolute atomic E-state index is 0.0194. The van der Waals surface area contributed by atoms with Gasteiger partial charge in [0.1, 0.15) is 0 Å². The smallest absolute Gasteiger partial charge is 0.363 e. The highest BCUT2D eigenvalue weighted by Crippen LogP contribution is 2.31. The van der Waals surface area contributed by atoms with Crippen LogP contribution in [0.15, 0.2) is 81.9 Å². The highest BCUT2D eigenvalue weighted by atomic mass is 79.9. The van der Waals surface area contributed by atoms with Crippen LogP contribution in [0, 0.1) is 10.1 Å². The summed E-state index contributed by atoms with van der Waals surface area (Å²) in [5.74, 6) is -0.863. The third-order valence-electron chi connectivity index (χ3n) is 4.70. The molecular formula is C24H15BrN2O7. The summed E-state index contributed by atoms with van der Waals surface area (Å²) < 4.78 is 16.8. The van der Waals surface area contributed by atoms with Gasteiger partial charge in [0.15, 0.2) is 17.2 Å². The number of aliphatic imine (C=N–C) groups is 1. The quantitative estimate of drug-likeness (QED) is 0.148. The lowest BCUT2D eigenvalue weighted by Crippen LogP contribution is -2.09. The van der Waals surface area contributed by atoms with Crippen LogP contribution in [0.5, 0.6) is 11.5 Å². The van der Waals surface area contributed by atoms with Crippen LogP contribution in [0.3, 0.4) is 0 Å². The maximum Gasteiger partial charge on any atom is 0.363 e. The molecule has 0 saturated heterocycles. The van der Waals surface area contributed by atoms with Crippen molar-refractivity contribution in [3.63, 3.8) is 0 Å². The lowest BCUT2D eigenvalue weighted by Gasteiger charge is -2.10. The molecule has 1 aliphatic heterocycles. The Morgan fingerprint density at radius 2 is 1.85 bits per heavy atom. The van der Waals surface area contributed by atoms with Gasteiger partial charge in [-0.2, -0.15) is 0 Å². The standard InChI is InChI=1S/C24H15BrN2O7/c1-32-21-12-14(11-19-24(29)34-22(26-19)15-6-8-17(25)9-7-15)5-10-20(21)33-23(28)16-3-2-4-18(13-16)27(30)31/h2-13H,1H3/b19-11+. The number of cyclic esters (lactones) is 1. The van der Waals surface area contributed by atoms with Crippen molar-refractivity contribution in [2.24, 2.45) is 4.99 Å². The van der Waals surface area contributed by atoms with E-state index in [4.69, 9.17) is 14.2 Å². The molecule has 0 unspecified atom stereocenters. The first kappa shape index (κ1) is 22.9. The van der Waals surface area contributed by atoms with Crippen molar-refractivity contribution in [3.05, 3.63) is 104 Å². The predicted molar refractivity (Wildman–Crippen MR) is 126 cm³/mol. The number of nitro benzene ring substituents is 1. The van der Waals surface area contributed by atoms with Gasteiger partial charge in [-0.1, -0.05) is 28.1 Å². The Kier molecular flexibility index (Phi) is 6.51. The molecule has 3 aromatic carbocycles. The Morgan fingerprint density at radius 3 is 2.56 bits per heavy atom. The van der Waals surface area contributed by atoms with Gasteiger partial charge in [0.25, 0.3) is 5.69 Å². The Balaban J connectivity index is 1.56. The lowest BCUT2D eigenvalue weighted by molar-refractivity contribution is -0.384. The Hall–Kier alpha value is -4.31. The predicted octanol–water partition coefficient (Wildman–Crippen LogP) is 4.93. The zero-order valence-corrected chi connectivity index (χ0v) is 19.1. The molecule has 0 aliphatic carbocycles. The molecule has 3 aromatic rings. The SMILES string of the molecule is COc1cc(/C=C2/N=C(c3ccc(Br)cc3)OC2=O)ccc1OC(=O)c1cccc([N+](=O)[O-])c1. The van der Waals surface area contributed by atoms with E-state index < -0.39 is 16.9 Å². The molecule has 170 valence electrons. The highest BCUT2D eigenvalue weighted by Gasteiger charge is 2.24. The summed E-state index contributed by atoms with van der Waals surface area (Å²) in [6, 6.07) is 17.0. The second-order valence-corrected chi connectivity index (χ2v) is 7.87. The molecule has 0 spiro atoms. The van der Waals surface area contributed by atoms with E-state index in [0.717, 1.165) is 10.5 Å². The number of rotatable bonds is 6. The number of esters is 2. The summed E-state index contributed by atoms with van der Waals surface area (Å²) in [6.45, 7) is 0. The lowest BCUT2D eigenvalue weighted by atomic mass is 10.1. The summed E-state index contributed by atoms with van der Waals surface area (Å²) in [6.07, 6.45) is 1.52. The van der Waals surface area contributed by atoms with Crippen molar-refractivity contribution in [2.45, 2.75) is 0 Å².